The second-order valence-corrected chi connectivity index (χ2v) is 6.12. The maximum Gasteiger partial charge on any atom is 0.340 e. The van der Waals surface area contributed by atoms with Crippen LogP contribution < -0.4 is 5.32 Å². The van der Waals surface area contributed by atoms with Crippen LogP contribution in [0.15, 0.2) is 24.3 Å². The average molecular weight is 389 g/mol. The SMILES string of the molecule is CCOC(=O)Cc1c(Cl)[nH]c(C=C2C(=O)Nc3ccccc32)c1C(=O)OC. The monoisotopic (exact) mass is 388 g/mol. The highest BCUT2D eigenvalue weighted by molar-refractivity contribution is 6.35. The van der Waals surface area contributed by atoms with Crippen molar-refractivity contribution in [2.24, 2.45) is 0 Å². The van der Waals surface area contributed by atoms with E-state index < -0.39 is 11.9 Å². The third-order valence-corrected chi connectivity index (χ3v) is 4.42. The lowest BCUT2D eigenvalue weighted by Crippen LogP contribution is -2.12. The van der Waals surface area contributed by atoms with Gasteiger partial charge in [0.05, 0.1) is 37.0 Å². The van der Waals surface area contributed by atoms with Crippen molar-refractivity contribution < 1.29 is 23.9 Å². The highest BCUT2D eigenvalue weighted by Gasteiger charge is 2.28. The smallest absolute Gasteiger partial charge is 0.340 e. The van der Waals surface area contributed by atoms with Crippen molar-refractivity contribution in [3.05, 3.63) is 51.8 Å². The number of anilines is 1. The molecule has 0 saturated heterocycles. The van der Waals surface area contributed by atoms with E-state index in [1.165, 1.54) is 13.2 Å². The van der Waals surface area contributed by atoms with Gasteiger partial charge in [-0.05, 0) is 19.1 Å². The summed E-state index contributed by atoms with van der Waals surface area (Å²) in [6.07, 6.45) is 1.33. The van der Waals surface area contributed by atoms with Gasteiger partial charge in [-0.15, -0.1) is 0 Å². The van der Waals surface area contributed by atoms with Gasteiger partial charge in [0.1, 0.15) is 5.15 Å². The van der Waals surface area contributed by atoms with Crippen LogP contribution in [0.1, 0.15) is 34.1 Å². The number of nitrogens with one attached hydrogen (secondary N) is 2. The zero-order chi connectivity index (χ0) is 19.6. The Kier molecular flexibility index (Phi) is 5.32. The first kappa shape index (κ1) is 18.7. The van der Waals surface area contributed by atoms with Crippen molar-refractivity contribution in [3.63, 3.8) is 0 Å². The van der Waals surface area contributed by atoms with E-state index in [0.717, 1.165) is 0 Å². The maximum absolute atomic E-state index is 12.3. The number of hydrogen-bond acceptors (Lipinski definition) is 5. The van der Waals surface area contributed by atoms with Gasteiger partial charge in [-0.25, -0.2) is 4.79 Å². The molecule has 27 heavy (non-hydrogen) atoms. The number of amides is 1. The first-order chi connectivity index (χ1) is 13.0. The number of aromatic amines is 1. The predicted octanol–water partition coefficient (Wildman–Crippen LogP) is 3.05. The maximum atomic E-state index is 12.3. The number of fused-ring (bicyclic) bond motifs is 1. The zero-order valence-corrected chi connectivity index (χ0v) is 15.5. The first-order valence-corrected chi connectivity index (χ1v) is 8.60. The average Bonchev–Trinajstić information content (AvgIpc) is 3.12. The molecule has 140 valence electrons. The number of ether oxygens (including phenoxy) is 2. The highest BCUT2D eigenvalue weighted by Crippen LogP contribution is 2.34. The van der Waals surface area contributed by atoms with Gasteiger partial charge in [0.15, 0.2) is 0 Å². The number of H-pyrrole nitrogens is 1. The topological polar surface area (TPSA) is 97.5 Å². The zero-order valence-electron chi connectivity index (χ0n) is 14.7. The molecule has 2 N–H and O–H groups in total. The summed E-state index contributed by atoms with van der Waals surface area (Å²) in [6.45, 7) is 1.89. The lowest BCUT2D eigenvalue weighted by atomic mass is 10.0. The highest BCUT2D eigenvalue weighted by atomic mass is 35.5. The van der Waals surface area contributed by atoms with E-state index in [2.05, 4.69) is 10.3 Å². The van der Waals surface area contributed by atoms with Crippen LogP contribution in [0, 0.1) is 0 Å². The summed E-state index contributed by atoms with van der Waals surface area (Å²) < 4.78 is 9.77. The molecule has 1 amide bonds. The Balaban J connectivity index is 2.10. The van der Waals surface area contributed by atoms with Crippen LogP contribution in [-0.2, 0) is 25.5 Å². The minimum absolute atomic E-state index is 0.0974. The molecule has 0 radical (unpaired) electrons. The summed E-state index contributed by atoms with van der Waals surface area (Å²) in [7, 11) is 1.23. The number of halogens is 1. The third-order valence-electron chi connectivity index (χ3n) is 4.10. The molecule has 0 unspecified atom stereocenters. The third kappa shape index (κ3) is 3.59. The summed E-state index contributed by atoms with van der Waals surface area (Å²) in [4.78, 5) is 39.4. The van der Waals surface area contributed by atoms with Gasteiger partial charge in [-0.1, -0.05) is 29.8 Å². The summed E-state index contributed by atoms with van der Waals surface area (Å²) in [5, 5.41) is 2.87. The van der Waals surface area contributed by atoms with Gasteiger partial charge < -0.3 is 19.8 Å². The van der Waals surface area contributed by atoms with Gasteiger partial charge in [0.2, 0.25) is 0 Å². The molecular weight excluding hydrogens is 372 g/mol. The van der Waals surface area contributed by atoms with Gasteiger partial charge in [0, 0.05) is 16.8 Å². The van der Waals surface area contributed by atoms with Crippen LogP contribution in [0.2, 0.25) is 5.15 Å². The van der Waals surface area contributed by atoms with E-state index in [0.29, 0.717) is 16.8 Å². The van der Waals surface area contributed by atoms with E-state index in [9.17, 15) is 14.4 Å². The molecule has 0 fully saturated rings. The summed E-state index contributed by atoms with van der Waals surface area (Å²) in [5.74, 6) is -1.49. The molecular formula is C19H17ClN2O5. The minimum atomic E-state index is -0.670. The van der Waals surface area contributed by atoms with Gasteiger partial charge in [0.25, 0.3) is 5.91 Å². The van der Waals surface area contributed by atoms with Crippen molar-refractivity contribution >= 4 is 46.8 Å². The number of hydrogen-bond donors (Lipinski definition) is 2. The van der Waals surface area contributed by atoms with E-state index in [4.69, 9.17) is 21.1 Å². The molecule has 2 aromatic rings. The van der Waals surface area contributed by atoms with Crippen molar-refractivity contribution in [2.45, 2.75) is 13.3 Å². The lowest BCUT2D eigenvalue weighted by molar-refractivity contribution is -0.142. The van der Waals surface area contributed by atoms with Crippen LogP contribution >= 0.6 is 11.6 Å². The summed E-state index contributed by atoms with van der Waals surface area (Å²) in [6, 6.07) is 7.19. The number of carbonyl (C=O) groups is 3. The lowest BCUT2D eigenvalue weighted by Gasteiger charge is -2.05. The summed E-state index contributed by atoms with van der Waals surface area (Å²) in [5.41, 5.74) is 2.40. The molecule has 0 atom stereocenters. The summed E-state index contributed by atoms with van der Waals surface area (Å²) >= 11 is 6.22. The minimum Gasteiger partial charge on any atom is -0.466 e. The van der Waals surface area contributed by atoms with Crippen molar-refractivity contribution in [1.29, 1.82) is 0 Å². The Morgan fingerprint density at radius 3 is 2.70 bits per heavy atom. The molecule has 7 nitrogen and oxygen atoms in total. The molecule has 0 saturated carbocycles. The molecule has 1 aliphatic rings. The van der Waals surface area contributed by atoms with Crippen LogP contribution in [0.4, 0.5) is 5.69 Å². The Bertz CT molecular complexity index is 961. The Morgan fingerprint density at radius 2 is 2.00 bits per heavy atom. The second kappa shape index (κ2) is 7.67. The van der Waals surface area contributed by atoms with Crippen molar-refractivity contribution in [1.82, 2.24) is 4.98 Å². The van der Waals surface area contributed by atoms with Gasteiger partial charge in [-0.3, -0.25) is 9.59 Å². The first-order valence-electron chi connectivity index (χ1n) is 8.23. The fourth-order valence-electron chi connectivity index (χ4n) is 2.92. The fourth-order valence-corrected chi connectivity index (χ4v) is 3.18. The second-order valence-electron chi connectivity index (χ2n) is 5.74. The molecule has 1 aromatic carbocycles. The number of aromatic nitrogens is 1. The van der Waals surface area contributed by atoms with Crippen molar-refractivity contribution in [2.75, 3.05) is 19.0 Å². The van der Waals surface area contributed by atoms with Crippen LogP contribution in [0.5, 0.6) is 0 Å². The number of benzene rings is 1. The van der Waals surface area contributed by atoms with E-state index in [1.54, 1.807) is 19.1 Å². The van der Waals surface area contributed by atoms with Gasteiger partial charge in [-0.2, -0.15) is 0 Å². The molecule has 8 heteroatoms. The number of rotatable bonds is 5. The van der Waals surface area contributed by atoms with E-state index in [-0.39, 0.29) is 40.9 Å². The number of methoxy groups -OCH3 is 1. The molecule has 0 spiro atoms. The standard InChI is InChI=1S/C19H17ClN2O5/c1-3-27-15(23)9-12-16(19(25)26-2)14(21-17(12)20)8-11-10-6-4-5-7-13(10)22-18(11)24/h4-8,21H,3,9H2,1-2H3,(H,22,24). The van der Waals surface area contributed by atoms with E-state index >= 15 is 0 Å². The predicted molar refractivity (Wildman–Crippen MR) is 100 cm³/mol. The molecule has 0 aliphatic carbocycles. The molecule has 1 aliphatic heterocycles. The fraction of sp³-hybridized carbons (Fsp3) is 0.211. The van der Waals surface area contributed by atoms with Crippen LogP contribution in [0.3, 0.4) is 0 Å². The quantitative estimate of drug-likeness (QED) is 0.606. The Morgan fingerprint density at radius 1 is 1.26 bits per heavy atom. The number of para-hydroxylation sites is 1. The Hall–Kier alpha value is -3.06. The molecule has 1 aromatic heterocycles. The number of carbonyl (C=O) groups excluding carboxylic acids is 3. The normalized spacial score (nSPS) is 14.0. The molecule has 0 bridgehead atoms. The van der Waals surface area contributed by atoms with Crippen LogP contribution in [0.25, 0.3) is 11.6 Å². The van der Waals surface area contributed by atoms with Gasteiger partial charge >= 0.3 is 11.9 Å². The number of esters is 2. The van der Waals surface area contributed by atoms with Crippen molar-refractivity contribution in [3.8, 4) is 0 Å². The molecule has 3 rings (SSSR count). The van der Waals surface area contributed by atoms with E-state index in [1.807, 2.05) is 12.1 Å². The van der Waals surface area contributed by atoms with Crippen LogP contribution in [-0.4, -0.2) is 36.5 Å². The largest absolute Gasteiger partial charge is 0.466 e. The Labute approximate surface area is 160 Å². The molecule has 2 heterocycles.